The smallest absolute Gasteiger partial charge is 0.228 e. The molecule has 10 bridgehead atoms. The lowest BCUT2D eigenvalue weighted by molar-refractivity contribution is -0.140. The van der Waals surface area contributed by atoms with Gasteiger partial charge in [0.1, 0.15) is 32.5 Å². The molecule has 21 heteroatoms. The lowest BCUT2D eigenvalue weighted by Crippen LogP contribution is -2.61. The number of carbonyl (C=O) groups excluding carboxylic acids is 2. The molecule has 10 saturated heterocycles. The van der Waals surface area contributed by atoms with Crippen LogP contribution in [0.25, 0.3) is 0 Å². The number of ether oxygens (including phenoxy) is 2. The second-order valence-electron chi connectivity index (χ2n) is 39.2. The lowest BCUT2D eigenvalue weighted by atomic mass is 9.87. The Morgan fingerprint density at radius 2 is 0.532 bits per heavy atom. The van der Waals surface area contributed by atoms with Gasteiger partial charge in [-0.05, 0) is 116 Å². The highest BCUT2D eigenvalue weighted by Gasteiger charge is 2.56. The minimum atomic E-state index is -2.89. The number of hydrogen-bond donors (Lipinski definition) is 0. The van der Waals surface area contributed by atoms with E-state index >= 15 is 0 Å². The van der Waals surface area contributed by atoms with Gasteiger partial charge in [0.25, 0.3) is 0 Å². The summed E-state index contributed by atoms with van der Waals surface area (Å²) in [6.45, 7) is 52.0. The Morgan fingerprint density at radius 3 is 0.793 bits per heavy atom. The molecular formula is C90H133N2O8S11+5. The maximum absolute atomic E-state index is 12.8. The van der Waals surface area contributed by atoms with Gasteiger partial charge in [-0.3, -0.25) is 18.0 Å². The van der Waals surface area contributed by atoms with Crippen LogP contribution in [0.4, 0.5) is 0 Å². The first-order chi connectivity index (χ1) is 51.8. The molecule has 0 aliphatic carbocycles. The van der Waals surface area contributed by atoms with Gasteiger partial charge in [0, 0.05) is 121 Å². The lowest BCUT2D eigenvalue weighted by Gasteiger charge is -2.42. The highest BCUT2D eigenvalue weighted by molar-refractivity contribution is 8.09. The Balaban J connectivity index is 0.000000138. The molecule has 5 aromatic carbocycles. The highest BCUT2D eigenvalue weighted by Crippen LogP contribution is 2.44. The highest BCUT2D eigenvalue weighted by atomic mass is 32.2. The van der Waals surface area contributed by atoms with Gasteiger partial charge < -0.3 is 19.3 Å². The van der Waals surface area contributed by atoms with Crippen LogP contribution < -0.4 is 0 Å². The molecule has 0 saturated carbocycles. The van der Waals surface area contributed by atoms with Gasteiger partial charge in [0.15, 0.2) is 65.8 Å². The van der Waals surface area contributed by atoms with Crippen LogP contribution in [0.15, 0.2) is 146 Å². The van der Waals surface area contributed by atoms with E-state index in [1.807, 2.05) is 46.4 Å². The van der Waals surface area contributed by atoms with Gasteiger partial charge in [-0.1, -0.05) is 206 Å². The summed E-state index contributed by atoms with van der Waals surface area (Å²) in [5, 5.41) is 4.96. The van der Waals surface area contributed by atoms with E-state index in [2.05, 4.69) is 265 Å². The van der Waals surface area contributed by atoms with Crippen molar-refractivity contribution in [2.24, 2.45) is 10.8 Å². The second kappa shape index (κ2) is 36.5. The summed E-state index contributed by atoms with van der Waals surface area (Å²) in [6, 6.07) is 45.9. The molecule has 2 amide bonds. The fourth-order valence-electron chi connectivity index (χ4n) is 16.5. The number of benzene rings is 5. The molecule has 8 unspecified atom stereocenters. The van der Waals surface area contributed by atoms with Crippen molar-refractivity contribution in [2.45, 2.75) is 249 Å². The number of carbonyl (C=O) groups is 2. The van der Waals surface area contributed by atoms with Crippen molar-refractivity contribution in [1.29, 1.82) is 0 Å². The maximum atomic E-state index is 12.8. The average molecular weight is 1720 g/mol. The molecule has 5 aromatic rings. The van der Waals surface area contributed by atoms with Crippen LogP contribution >= 0.6 is 35.3 Å². The third-order valence-electron chi connectivity index (χ3n) is 22.5. The number of amides is 2. The predicted octanol–water partition coefficient (Wildman–Crippen LogP) is 16.5. The molecule has 10 nitrogen and oxygen atoms in total. The normalized spacial score (nSPS) is 30.5. The maximum Gasteiger partial charge on any atom is 0.228 e. The number of thioether (sulfide) groups is 3. The summed E-state index contributed by atoms with van der Waals surface area (Å²) >= 11 is 6.46. The zero-order valence-corrected chi connectivity index (χ0v) is 79.6. The second-order valence-corrected chi connectivity index (χ2v) is 60.4. The third-order valence-corrected chi connectivity index (χ3v) is 48.2. The molecule has 0 aromatic heterocycles. The summed E-state index contributed by atoms with van der Waals surface area (Å²) in [5.74, 6) is 12.1. The standard InChI is InChI=1S/C21H32NO2S2.C21H32NOS2.C16H23O3S2.C16H23O2S2.C16H23S3/c1-20(2,3)15-7-9-16(10-8-15)26-17-11-22(19(23)21(4,5)6)12-18(26)14-25(24)13-17;1-20(2,3)15-7-9-16(10-8-15)25-17-11-22(19(23)21(4,5)6)12-18(25)14-24-13-17;1-16(2,3)12-4-6-13(7-5-12)20-14-8-19-9-15(20)11-21(17,18)10-14;1-16(2,3)12-4-6-13(7-5-12)20-14-8-18-9-15(20)11-19(17)10-14;1-16(2,3)12-4-6-13(7-5-12)19-14-8-17-10-15(19)11-18-9-14/h7-10,17-18H,11-14H2,1-6H3;7-10,17-18H,11-14H2,1-6H3;4-7,14-15H,8-11H2,1-3H3;4-7,14-15H,8-11H2,1-3H3;4-7,14-15H,8-11H2,1-3H3/q5*+1. The van der Waals surface area contributed by atoms with Crippen LogP contribution in [0.1, 0.15) is 173 Å². The van der Waals surface area contributed by atoms with Crippen LogP contribution in [0.3, 0.4) is 0 Å². The molecule has 8 atom stereocenters. The Kier molecular flexibility index (Phi) is 29.5. The molecule has 111 heavy (non-hydrogen) atoms. The molecule has 612 valence electrons. The molecule has 10 aliphatic rings. The van der Waals surface area contributed by atoms with E-state index in [4.69, 9.17) is 9.47 Å². The molecule has 0 radical (unpaired) electrons. The van der Waals surface area contributed by atoms with Crippen molar-refractivity contribution in [1.82, 2.24) is 9.80 Å². The summed E-state index contributed by atoms with van der Waals surface area (Å²) in [7, 11) is -3.14. The van der Waals surface area contributed by atoms with E-state index in [0.29, 0.717) is 61.5 Å². The van der Waals surface area contributed by atoms with Crippen LogP contribution in [0.5, 0.6) is 0 Å². The number of sulfone groups is 1. The molecule has 0 spiro atoms. The molecule has 10 fully saturated rings. The van der Waals surface area contributed by atoms with Crippen molar-refractivity contribution in [3.05, 3.63) is 149 Å². The number of fused-ring (bicyclic) bond motifs is 10. The van der Waals surface area contributed by atoms with Crippen molar-refractivity contribution in [3.8, 4) is 0 Å². The first kappa shape index (κ1) is 89.8. The van der Waals surface area contributed by atoms with Crippen molar-refractivity contribution in [3.63, 3.8) is 0 Å². The van der Waals surface area contributed by atoms with Crippen LogP contribution in [-0.4, -0.2) is 213 Å². The number of rotatable bonds is 5. The van der Waals surface area contributed by atoms with E-state index in [0.717, 1.165) is 72.9 Å². The quantitative estimate of drug-likeness (QED) is 0.156. The topological polar surface area (TPSA) is 127 Å². The first-order valence-electron chi connectivity index (χ1n) is 40.3. The van der Waals surface area contributed by atoms with E-state index < -0.39 is 31.4 Å². The van der Waals surface area contributed by atoms with Crippen LogP contribution in [0.2, 0.25) is 0 Å². The molecular weight excluding hydrogens is 1590 g/mol. The van der Waals surface area contributed by atoms with Gasteiger partial charge in [0.05, 0.1) is 75.6 Å². The SMILES string of the molecule is CC(C)(C)C(=O)N1CC2CS(=O)CC(C1)[S+]2c1ccc(C(C)(C)C)cc1.CC(C)(C)C(=O)N1CC2CSCC(C1)[S+]2c1ccc(C(C)(C)C)cc1.CC(C)(C)c1ccc([S+]2C3COCC2CS(=O)(=O)C3)cc1.CC(C)(C)c1ccc([S+]2C3COCC2CS(=O)C3)cc1.CC(C)(C)c1ccc([S+]2C3CSCC2CSC3)cc1. The van der Waals surface area contributed by atoms with Crippen molar-refractivity contribution < 1.29 is 35.9 Å². The van der Waals surface area contributed by atoms with Gasteiger partial charge in [-0.2, -0.15) is 35.3 Å². The fourth-order valence-corrected chi connectivity index (χ4v) is 46.3. The van der Waals surface area contributed by atoms with Gasteiger partial charge >= 0.3 is 0 Å². The fraction of sp³-hybridized carbons (Fsp3) is 0.644. The summed E-state index contributed by atoms with van der Waals surface area (Å²) < 4.78 is 59.5. The third kappa shape index (κ3) is 22.9. The van der Waals surface area contributed by atoms with E-state index in [1.54, 1.807) is 4.90 Å². The Hall–Kier alpha value is -1.99. The van der Waals surface area contributed by atoms with Gasteiger partial charge in [-0.15, -0.1) is 0 Å². The molecule has 15 rings (SSSR count). The first-order valence-corrected chi connectivity index (χ1v) is 55.3. The Labute approximate surface area is 703 Å². The van der Waals surface area contributed by atoms with Crippen LogP contribution in [-0.2, 0) is 132 Å². The molecule has 0 N–H and O–H groups in total. The summed E-state index contributed by atoms with van der Waals surface area (Å²) in [4.78, 5) is 37.0. The Bertz CT molecular complexity index is 4020. The zero-order valence-electron chi connectivity index (χ0n) is 70.6. The minimum Gasteiger partial charge on any atom is -0.371 e. The van der Waals surface area contributed by atoms with E-state index in [9.17, 15) is 26.4 Å². The van der Waals surface area contributed by atoms with E-state index in [1.165, 1.54) is 81.9 Å². The van der Waals surface area contributed by atoms with E-state index in [-0.39, 0.29) is 109 Å². The average Bonchev–Trinajstić information content (AvgIpc) is 0.763. The largest absolute Gasteiger partial charge is 0.371 e. The number of nitrogens with zero attached hydrogens (tertiary/aromatic N) is 2. The van der Waals surface area contributed by atoms with Gasteiger partial charge in [0.2, 0.25) is 11.8 Å². The summed E-state index contributed by atoms with van der Waals surface area (Å²) in [6.07, 6.45) is 0. The van der Waals surface area contributed by atoms with Crippen molar-refractivity contribution >= 4 is 133 Å². The monoisotopic (exact) mass is 1720 g/mol. The number of hydrogen-bond acceptors (Lipinski definition) is 11. The summed E-state index contributed by atoms with van der Waals surface area (Å²) in [5.41, 5.74) is 7.28. The van der Waals surface area contributed by atoms with Gasteiger partial charge in [-0.25, -0.2) is 8.42 Å². The predicted molar refractivity (Wildman–Crippen MR) is 492 cm³/mol. The molecule has 10 aliphatic heterocycles. The molecule has 10 heterocycles. The zero-order chi connectivity index (χ0) is 80.7. The Morgan fingerprint density at radius 1 is 0.324 bits per heavy atom. The van der Waals surface area contributed by atoms with Crippen molar-refractivity contribution in [2.75, 3.05) is 122 Å². The minimum absolute atomic E-state index is 0.0104. The van der Waals surface area contributed by atoms with Crippen LogP contribution in [0, 0.1) is 10.8 Å².